The summed E-state index contributed by atoms with van der Waals surface area (Å²) in [5.74, 6) is 0.342. The number of nitrogens with zero attached hydrogens (tertiary/aromatic N) is 2. The second-order valence-electron chi connectivity index (χ2n) is 9.27. The molecule has 0 amide bonds. The molecule has 35 heavy (non-hydrogen) atoms. The maximum atomic E-state index is 6.31. The lowest BCUT2D eigenvalue weighted by Crippen LogP contribution is -2.38. The van der Waals surface area contributed by atoms with Crippen molar-refractivity contribution < 1.29 is 4.74 Å². The molecule has 0 unspecified atom stereocenters. The molecule has 0 bridgehead atoms. The standard InChI is InChI=1S/C31H29N3O/c32-27-16-17-29-28(22-27)30(23-18-20-35-21-19-23)33-34(29)31(24-10-4-1-5-11-24,25-12-6-2-7-13-25)26-14-8-3-9-15-26/h1-17,22-23H,18-21,32H2. The number of hydrogen-bond donors (Lipinski definition) is 1. The summed E-state index contributed by atoms with van der Waals surface area (Å²) in [6, 6.07) is 38.3. The molecule has 4 heteroatoms. The Kier molecular flexibility index (Phi) is 5.59. The van der Waals surface area contributed by atoms with Crippen molar-refractivity contribution in [2.75, 3.05) is 18.9 Å². The van der Waals surface area contributed by atoms with Crippen LogP contribution in [0.25, 0.3) is 10.9 Å². The molecule has 2 N–H and O–H groups in total. The lowest BCUT2D eigenvalue weighted by molar-refractivity contribution is 0.0845. The summed E-state index contributed by atoms with van der Waals surface area (Å²) in [4.78, 5) is 0. The first-order valence-corrected chi connectivity index (χ1v) is 12.3. The third-order valence-electron chi connectivity index (χ3n) is 7.23. The average Bonchev–Trinajstić information content (AvgIpc) is 3.30. The van der Waals surface area contributed by atoms with E-state index in [4.69, 9.17) is 15.6 Å². The lowest BCUT2D eigenvalue weighted by Gasteiger charge is -2.37. The lowest BCUT2D eigenvalue weighted by atomic mass is 9.77. The largest absolute Gasteiger partial charge is 0.399 e. The van der Waals surface area contributed by atoms with E-state index in [0.717, 1.165) is 65.0 Å². The Morgan fingerprint density at radius 1 is 0.714 bits per heavy atom. The second-order valence-corrected chi connectivity index (χ2v) is 9.27. The summed E-state index contributed by atoms with van der Waals surface area (Å²) < 4.78 is 7.92. The zero-order valence-corrected chi connectivity index (χ0v) is 19.7. The molecule has 0 saturated carbocycles. The van der Waals surface area contributed by atoms with Gasteiger partial charge in [0.2, 0.25) is 0 Å². The van der Waals surface area contributed by atoms with Gasteiger partial charge in [-0.1, -0.05) is 91.0 Å². The zero-order chi connectivity index (χ0) is 23.7. The predicted octanol–water partition coefficient (Wildman–Crippen LogP) is 6.35. The van der Waals surface area contributed by atoms with Gasteiger partial charge < -0.3 is 10.5 Å². The van der Waals surface area contributed by atoms with Crippen molar-refractivity contribution in [3.8, 4) is 0 Å². The summed E-state index contributed by atoms with van der Waals surface area (Å²) in [5, 5.41) is 6.59. The molecule has 0 aliphatic carbocycles. The van der Waals surface area contributed by atoms with Crippen molar-refractivity contribution in [2.24, 2.45) is 0 Å². The molecule has 1 fully saturated rings. The SMILES string of the molecule is Nc1ccc2c(c1)c(C1CCOCC1)nn2C(c1ccccc1)(c1ccccc1)c1ccccc1. The fraction of sp³-hybridized carbons (Fsp3) is 0.194. The maximum absolute atomic E-state index is 6.31. The van der Waals surface area contributed by atoms with Crippen LogP contribution in [0.2, 0.25) is 0 Å². The molecule has 1 saturated heterocycles. The van der Waals surface area contributed by atoms with Gasteiger partial charge in [-0.15, -0.1) is 0 Å². The quantitative estimate of drug-likeness (QED) is 0.246. The van der Waals surface area contributed by atoms with E-state index in [1.807, 2.05) is 6.07 Å². The summed E-state index contributed by atoms with van der Waals surface area (Å²) in [6.07, 6.45) is 1.94. The molecule has 0 spiro atoms. The molecule has 174 valence electrons. The Morgan fingerprint density at radius 2 is 1.23 bits per heavy atom. The topological polar surface area (TPSA) is 53.1 Å². The van der Waals surface area contributed by atoms with Crippen molar-refractivity contribution >= 4 is 16.6 Å². The van der Waals surface area contributed by atoms with Crippen molar-refractivity contribution in [1.82, 2.24) is 9.78 Å². The molecule has 4 aromatic carbocycles. The van der Waals surface area contributed by atoms with Crippen LogP contribution in [0.3, 0.4) is 0 Å². The van der Waals surface area contributed by atoms with Gasteiger partial charge in [-0.25, -0.2) is 4.68 Å². The monoisotopic (exact) mass is 459 g/mol. The highest BCUT2D eigenvalue weighted by atomic mass is 16.5. The number of nitrogen functional groups attached to an aromatic ring is 1. The minimum atomic E-state index is -0.651. The highest BCUT2D eigenvalue weighted by Gasteiger charge is 2.41. The van der Waals surface area contributed by atoms with Gasteiger partial charge in [0.05, 0.1) is 11.2 Å². The van der Waals surface area contributed by atoms with Crippen LogP contribution >= 0.6 is 0 Å². The first-order valence-electron chi connectivity index (χ1n) is 12.3. The summed E-state index contributed by atoms with van der Waals surface area (Å²) in [7, 11) is 0. The normalized spacial score (nSPS) is 14.9. The van der Waals surface area contributed by atoms with Crippen LogP contribution in [0.5, 0.6) is 0 Å². The first kappa shape index (κ1) is 21.6. The van der Waals surface area contributed by atoms with E-state index in [-0.39, 0.29) is 0 Å². The summed E-state index contributed by atoms with van der Waals surface area (Å²) >= 11 is 0. The second kappa shape index (κ2) is 9.05. The predicted molar refractivity (Wildman–Crippen MR) is 142 cm³/mol. The van der Waals surface area contributed by atoms with E-state index in [2.05, 4.69) is 108 Å². The van der Waals surface area contributed by atoms with Gasteiger partial charge in [0.1, 0.15) is 5.54 Å². The fourth-order valence-corrected chi connectivity index (χ4v) is 5.59. The molecule has 1 aliphatic rings. The summed E-state index contributed by atoms with van der Waals surface area (Å²) in [6.45, 7) is 1.53. The van der Waals surface area contributed by atoms with Gasteiger partial charge in [0, 0.05) is 30.2 Å². The van der Waals surface area contributed by atoms with Crippen LogP contribution in [-0.4, -0.2) is 23.0 Å². The maximum Gasteiger partial charge on any atom is 0.138 e. The minimum absolute atomic E-state index is 0.342. The van der Waals surface area contributed by atoms with Gasteiger partial charge in [-0.3, -0.25) is 0 Å². The molecular formula is C31H29N3O. The number of aromatic nitrogens is 2. The third kappa shape index (κ3) is 3.62. The van der Waals surface area contributed by atoms with Gasteiger partial charge in [-0.05, 0) is 47.7 Å². The van der Waals surface area contributed by atoms with E-state index < -0.39 is 5.54 Å². The van der Waals surface area contributed by atoms with Crippen LogP contribution in [0, 0.1) is 0 Å². The molecule has 2 heterocycles. The Hall–Kier alpha value is -3.89. The van der Waals surface area contributed by atoms with Crippen molar-refractivity contribution in [3.63, 3.8) is 0 Å². The third-order valence-corrected chi connectivity index (χ3v) is 7.23. The van der Waals surface area contributed by atoms with Crippen LogP contribution in [-0.2, 0) is 10.3 Å². The smallest absolute Gasteiger partial charge is 0.138 e. The number of hydrogen-bond acceptors (Lipinski definition) is 3. The van der Waals surface area contributed by atoms with E-state index in [1.165, 1.54) is 0 Å². The summed E-state index contributed by atoms with van der Waals surface area (Å²) in [5.41, 5.74) is 12.1. The first-order chi connectivity index (χ1) is 17.3. The van der Waals surface area contributed by atoms with Crippen LogP contribution in [0.15, 0.2) is 109 Å². The van der Waals surface area contributed by atoms with Crippen LogP contribution in [0.4, 0.5) is 5.69 Å². The van der Waals surface area contributed by atoms with E-state index >= 15 is 0 Å². The van der Waals surface area contributed by atoms with Gasteiger partial charge in [0.25, 0.3) is 0 Å². The van der Waals surface area contributed by atoms with Gasteiger partial charge in [0.15, 0.2) is 0 Å². The van der Waals surface area contributed by atoms with Gasteiger partial charge >= 0.3 is 0 Å². The molecule has 0 radical (unpaired) electrons. The Morgan fingerprint density at radius 3 is 1.74 bits per heavy atom. The number of ether oxygens (including phenoxy) is 1. The molecule has 5 aromatic rings. The highest BCUT2D eigenvalue weighted by Crippen LogP contribution is 2.44. The van der Waals surface area contributed by atoms with E-state index in [1.54, 1.807) is 0 Å². The average molecular weight is 460 g/mol. The molecular weight excluding hydrogens is 430 g/mol. The highest BCUT2D eigenvalue weighted by molar-refractivity contribution is 5.86. The van der Waals surface area contributed by atoms with E-state index in [9.17, 15) is 0 Å². The van der Waals surface area contributed by atoms with Gasteiger partial charge in [-0.2, -0.15) is 5.10 Å². The number of rotatable bonds is 5. The molecule has 0 atom stereocenters. The number of anilines is 1. The Balaban J connectivity index is 1.74. The minimum Gasteiger partial charge on any atom is -0.399 e. The fourth-order valence-electron chi connectivity index (χ4n) is 5.59. The van der Waals surface area contributed by atoms with Crippen molar-refractivity contribution in [2.45, 2.75) is 24.3 Å². The number of fused-ring (bicyclic) bond motifs is 1. The zero-order valence-electron chi connectivity index (χ0n) is 19.7. The van der Waals surface area contributed by atoms with E-state index in [0.29, 0.717) is 5.92 Å². The van der Waals surface area contributed by atoms with Crippen molar-refractivity contribution in [3.05, 3.63) is 132 Å². The van der Waals surface area contributed by atoms with Crippen LogP contribution in [0.1, 0.15) is 41.1 Å². The number of nitrogens with two attached hydrogens (primary N) is 1. The Labute approximate surface area is 206 Å². The number of benzene rings is 4. The molecule has 1 aromatic heterocycles. The molecule has 6 rings (SSSR count). The van der Waals surface area contributed by atoms with Crippen LogP contribution < -0.4 is 5.73 Å². The van der Waals surface area contributed by atoms with Crippen molar-refractivity contribution in [1.29, 1.82) is 0 Å². The Bertz CT molecular complexity index is 1330. The molecule has 1 aliphatic heterocycles. The molecule has 4 nitrogen and oxygen atoms in total.